The minimum absolute atomic E-state index is 0.0304. The monoisotopic (exact) mass is 187 g/mol. The van der Waals surface area contributed by atoms with Gasteiger partial charge < -0.3 is 10.5 Å². The Morgan fingerprint density at radius 2 is 2.00 bits per heavy atom. The molecule has 0 amide bonds. The van der Waals surface area contributed by atoms with Gasteiger partial charge in [-0.15, -0.1) is 0 Å². The van der Waals surface area contributed by atoms with E-state index in [0.29, 0.717) is 13.0 Å². The van der Waals surface area contributed by atoms with Gasteiger partial charge in [0.05, 0.1) is 6.10 Å². The standard InChI is InChI=1S/C10H21NO2/c1-4-8(3)13-10(12)6-9(5-2)7-11/h8-9H,4-7,11H2,1-3H3. The molecule has 3 heteroatoms. The number of nitrogens with two attached hydrogens (primary N) is 1. The second-order valence-corrected chi connectivity index (χ2v) is 3.42. The minimum Gasteiger partial charge on any atom is -0.463 e. The Balaban J connectivity index is 3.72. The van der Waals surface area contributed by atoms with Gasteiger partial charge in [0, 0.05) is 6.42 Å². The Morgan fingerprint density at radius 3 is 2.38 bits per heavy atom. The van der Waals surface area contributed by atoms with Crippen LogP contribution in [-0.4, -0.2) is 18.6 Å². The maximum absolute atomic E-state index is 11.3. The van der Waals surface area contributed by atoms with Gasteiger partial charge in [0.1, 0.15) is 0 Å². The molecule has 0 bridgehead atoms. The van der Waals surface area contributed by atoms with Gasteiger partial charge in [0.15, 0.2) is 0 Å². The van der Waals surface area contributed by atoms with Crippen LogP contribution in [0.2, 0.25) is 0 Å². The Bertz CT molecular complexity index is 144. The number of rotatable bonds is 6. The van der Waals surface area contributed by atoms with Crippen molar-refractivity contribution in [2.24, 2.45) is 11.7 Å². The maximum atomic E-state index is 11.3. The highest BCUT2D eigenvalue weighted by Crippen LogP contribution is 2.08. The van der Waals surface area contributed by atoms with Crippen LogP contribution in [-0.2, 0) is 9.53 Å². The first-order chi connectivity index (χ1) is 6.13. The third-order valence-electron chi connectivity index (χ3n) is 2.27. The van der Waals surface area contributed by atoms with Gasteiger partial charge in [-0.25, -0.2) is 0 Å². The molecule has 0 aliphatic carbocycles. The molecule has 3 nitrogen and oxygen atoms in total. The van der Waals surface area contributed by atoms with E-state index in [4.69, 9.17) is 10.5 Å². The Kier molecular flexibility index (Phi) is 6.59. The van der Waals surface area contributed by atoms with Crippen LogP contribution in [0.25, 0.3) is 0 Å². The summed E-state index contributed by atoms with van der Waals surface area (Å²) in [6.45, 7) is 6.50. The summed E-state index contributed by atoms with van der Waals surface area (Å²) in [5.41, 5.74) is 5.49. The van der Waals surface area contributed by atoms with Crippen molar-refractivity contribution >= 4 is 5.97 Å². The highest BCUT2D eigenvalue weighted by Gasteiger charge is 2.13. The molecule has 2 unspecified atom stereocenters. The summed E-state index contributed by atoms with van der Waals surface area (Å²) >= 11 is 0. The van der Waals surface area contributed by atoms with Crippen molar-refractivity contribution in [2.75, 3.05) is 6.54 Å². The van der Waals surface area contributed by atoms with Crippen molar-refractivity contribution in [3.8, 4) is 0 Å². The predicted molar refractivity (Wildman–Crippen MR) is 53.3 cm³/mol. The molecule has 2 atom stereocenters. The fraction of sp³-hybridized carbons (Fsp3) is 0.900. The van der Waals surface area contributed by atoms with Crippen molar-refractivity contribution in [3.63, 3.8) is 0 Å². The molecule has 0 aromatic rings. The molecule has 13 heavy (non-hydrogen) atoms. The summed E-state index contributed by atoms with van der Waals surface area (Å²) in [6.07, 6.45) is 2.29. The fourth-order valence-corrected chi connectivity index (χ4v) is 0.986. The predicted octanol–water partition coefficient (Wildman–Crippen LogP) is 1.70. The molecule has 0 heterocycles. The summed E-state index contributed by atoms with van der Waals surface area (Å²) in [4.78, 5) is 11.3. The molecule has 0 aromatic heterocycles. The van der Waals surface area contributed by atoms with Crippen molar-refractivity contribution in [3.05, 3.63) is 0 Å². The highest BCUT2D eigenvalue weighted by molar-refractivity contribution is 5.69. The zero-order chi connectivity index (χ0) is 10.3. The highest BCUT2D eigenvalue weighted by atomic mass is 16.5. The zero-order valence-electron chi connectivity index (χ0n) is 8.88. The van der Waals surface area contributed by atoms with E-state index in [1.807, 2.05) is 20.8 Å². The van der Waals surface area contributed by atoms with E-state index in [-0.39, 0.29) is 18.0 Å². The quantitative estimate of drug-likeness (QED) is 0.644. The lowest BCUT2D eigenvalue weighted by Crippen LogP contribution is -2.21. The smallest absolute Gasteiger partial charge is 0.306 e. The molecule has 0 fully saturated rings. The lowest BCUT2D eigenvalue weighted by Gasteiger charge is -2.14. The summed E-state index contributed by atoms with van der Waals surface area (Å²) in [5.74, 6) is 0.156. The number of hydrogen-bond acceptors (Lipinski definition) is 3. The van der Waals surface area contributed by atoms with E-state index in [2.05, 4.69) is 0 Å². The molecule has 0 saturated heterocycles. The van der Waals surface area contributed by atoms with Crippen molar-refractivity contribution in [1.29, 1.82) is 0 Å². The normalized spacial score (nSPS) is 15.1. The first-order valence-electron chi connectivity index (χ1n) is 5.03. The van der Waals surface area contributed by atoms with Gasteiger partial charge >= 0.3 is 5.97 Å². The van der Waals surface area contributed by atoms with E-state index in [9.17, 15) is 4.79 Å². The Morgan fingerprint density at radius 1 is 1.38 bits per heavy atom. The van der Waals surface area contributed by atoms with E-state index in [0.717, 1.165) is 12.8 Å². The van der Waals surface area contributed by atoms with Crippen LogP contribution < -0.4 is 5.73 Å². The molecule has 2 N–H and O–H groups in total. The zero-order valence-corrected chi connectivity index (χ0v) is 8.88. The maximum Gasteiger partial charge on any atom is 0.306 e. The van der Waals surface area contributed by atoms with Crippen LogP contribution >= 0.6 is 0 Å². The summed E-state index contributed by atoms with van der Waals surface area (Å²) in [7, 11) is 0. The topological polar surface area (TPSA) is 52.3 Å². The van der Waals surface area contributed by atoms with Gasteiger partial charge in [-0.05, 0) is 25.8 Å². The average Bonchev–Trinajstić information content (AvgIpc) is 2.13. The second-order valence-electron chi connectivity index (χ2n) is 3.42. The average molecular weight is 187 g/mol. The van der Waals surface area contributed by atoms with Crippen LogP contribution in [0.4, 0.5) is 0 Å². The molecule has 0 saturated carbocycles. The van der Waals surface area contributed by atoms with Gasteiger partial charge in [-0.3, -0.25) is 4.79 Å². The van der Waals surface area contributed by atoms with Gasteiger partial charge in [0.25, 0.3) is 0 Å². The largest absolute Gasteiger partial charge is 0.463 e. The SMILES string of the molecule is CCC(CN)CC(=O)OC(C)CC. The lowest BCUT2D eigenvalue weighted by atomic mass is 10.0. The second kappa shape index (κ2) is 6.89. The van der Waals surface area contributed by atoms with Crippen LogP contribution in [0.1, 0.15) is 40.0 Å². The van der Waals surface area contributed by atoms with Crippen LogP contribution in [0.15, 0.2) is 0 Å². The summed E-state index contributed by atoms with van der Waals surface area (Å²) in [6, 6.07) is 0. The molecule has 78 valence electrons. The third-order valence-corrected chi connectivity index (χ3v) is 2.27. The fourth-order valence-electron chi connectivity index (χ4n) is 0.986. The van der Waals surface area contributed by atoms with Crippen molar-refractivity contribution < 1.29 is 9.53 Å². The van der Waals surface area contributed by atoms with Gasteiger partial charge in [-0.2, -0.15) is 0 Å². The first-order valence-corrected chi connectivity index (χ1v) is 5.03. The van der Waals surface area contributed by atoms with E-state index in [1.54, 1.807) is 0 Å². The number of hydrogen-bond donors (Lipinski definition) is 1. The number of esters is 1. The van der Waals surface area contributed by atoms with E-state index < -0.39 is 0 Å². The lowest BCUT2D eigenvalue weighted by molar-refractivity contribution is -0.149. The number of carbonyl (C=O) groups excluding carboxylic acids is 1. The summed E-state index contributed by atoms with van der Waals surface area (Å²) in [5, 5.41) is 0. The molecular formula is C10H21NO2. The molecule has 0 aliphatic rings. The van der Waals surface area contributed by atoms with E-state index in [1.165, 1.54) is 0 Å². The molecule has 0 rings (SSSR count). The Hall–Kier alpha value is -0.570. The Labute approximate surface area is 80.6 Å². The molecular weight excluding hydrogens is 166 g/mol. The van der Waals surface area contributed by atoms with Crippen molar-refractivity contribution in [1.82, 2.24) is 0 Å². The molecule has 0 radical (unpaired) electrons. The summed E-state index contributed by atoms with van der Waals surface area (Å²) < 4.78 is 5.14. The van der Waals surface area contributed by atoms with E-state index >= 15 is 0 Å². The molecule has 0 aliphatic heterocycles. The van der Waals surface area contributed by atoms with Gasteiger partial charge in [-0.1, -0.05) is 20.3 Å². The van der Waals surface area contributed by atoms with Gasteiger partial charge in [0.2, 0.25) is 0 Å². The molecule has 0 aromatic carbocycles. The van der Waals surface area contributed by atoms with Crippen LogP contribution in [0, 0.1) is 5.92 Å². The van der Waals surface area contributed by atoms with Crippen LogP contribution in [0.3, 0.4) is 0 Å². The minimum atomic E-state index is -0.119. The van der Waals surface area contributed by atoms with Crippen LogP contribution in [0.5, 0.6) is 0 Å². The number of carbonyl (C=O) groups is 1. The third kappa shape index (κ3) is 5.64. The number of ether oxygens (including phenoxy) is 1. The molecule has 0 spiro atoms. The van der Waals surface area contributed by atoms with Crippen molar-refractivity contribution in [2.45, 2.75) is 46.1 Å². The first kappa shape index (κ1) is 12.4.